The van der Waals surface area contributed by atoms with Crippen LogP contribution in [0.4, 0.5) is 16.3 Å². The van der Waals surface area contributed by atoms with E-state index in [9.17, 15) is 4.79 Å². The van der Waals surface area contributed by atoms with Crippen LogP contribution in [0.15, 0.2) is 18.3 Å². The molecule has 0 aromatic carbocycles. The number of ether oxygens (including phenoxy) is 1. The number of nitrogen functional groups attached to an aromatic ring is 1. The third-order valence-electron chi connectivity index (χ3n) is 2.22. The fourth-order valence-electron chi connectivity index (χ4n) is 1.48. The van der Waals surface area contributed by atoms with Crippen molar-refractivity contribution in [2.24, 2.45) is 0 Å². The molecule has 0 radical (unpaired) electrons. The fourth-order valence-corrected chi connectivity index (χ4v) is 1.48. The Morgan fingerprint density at radius 2 is 2.31 bits per heavy atom. The number of pyridine rings is 1. The van der Waals surface area contributed by atoms with E-state index in [-0.39, 0.29) is 0 Å². The molecule has 0 atom stereocenters. The minimum atomic E-state index is -0.535. The van der Waals surface area contributed by atoms with Crippen molar-refractivity contribution in [1.82, 2.24) is 9.38 Å². The number of nitrogens with zero attached hydrogens (tertiary/aromatic N) is 2. The zero-order chi connectivity index (χ0) is 11.7. The molecule has 6 nitrogen and oxygen atoms in total. The van der Waals surface area contributed by atoms with Gasteiger partial charge in [-0.15, -0.1) is 0 Å². The normalized spacial score (nSPS) is 10.4. The molecule has 0 saturated carbocycles. The molecule has 0 bridgehead atoms. The number of methoxy groups -OCH3 is 1. The summed E-state index contributed by atoms with van der Waals surface area (Å²) in [6.07, 6.45) is 1.16. The second kappa shape index (κ2) is 3.73. The minimum Gasteiger partial charge on any atom is -0.453 e. The third kappa shape index (κ3) is 1.65. The maximum absolute atomic E-state index is 11.2. The van der Waals surface area contributed by atoms with Gasteiger partial charge in [-0.3, -0.25) is 9.72 Å². The molecule has 84 valence electrons. The molecule has 0 unspecified atom stereocenters. The second-order valence-corrected chi connectivity index (χ2v) is 3.35. The van der Waals surface area contributed by atoms with Crippen molar-refractivity contribution in [1.29, 1.82) is 0 Å². The van der Waals surface area contributed by atoms with Gasteiger partial charge in [0.05, 0.1) is 12.8 Å². The average molecular weight is 220 g/mol. The SMILES string of the molecule is COC(=O)Nc1c(C)nc2ccc(N)cn12. The quantitative estimate of drug-likeness (QED) is 0.761. The maximum Gasteiger partial charge on any atom is 0.412 e. The predicted molar refractivity (Wildman–Crippen MR) is 60.4 cm³/mol. The van der Waals surface area contributed by atoms with E-state index < -0.39 is 6.09 Å². The lowest BCUT2D eigenvalue weighted by Crippen LogP contribution is -2.13. The van der Waals surface area contributed by atoms with Gasteiger partial charge in [-0.2, -0.15) is 0 Å². The number of fused-ring (bicyclic) bond motifs is 1. The first-order valence-corrected chi connectivity index (χ1v) is 4.71. The van der Waals surface area contributed by atoms with E-state index in [4.69, 9.17) is 5.73 Å². The lowest BCUT2D eigenvalue weighted by atomic mass is 10.4. The van der Waals surface area contributed by atoms with Gasteiger partial charge in [-0.25, -0.2) is 9.78 Å². The topological polar surface area (TPSA) is 81.6 Å². The van der Waals surface area contributed by atoms with Crippen LogP contribution in [0.25, 0.3) is 5.65 Å². The molecule has 2 aromatic heterocycles. The van der Waals surface area contributed by atoms with E-state index in [1.807, 2.05) is 0 Å². The molecule has 0 aliphatic heterocycles. The highest BCUT2D eigenvalue weighted by molar-refractivity contribution is 5.85. The minimum absolute atomic E-state index is 0.535. The molecule has 0 saturated heterocycles. The molecule has 0 fully saturated rings. The molecule has 3 N–H and O–H groups in total. The van der Waals surface area contributed by atoms with Crippen molar-refractivity contribution in [2.75, 3.05) is 18.2 Å². The van der Waals surface area contributed by atoms with E-state index >= 15 is 0 Å². The van der Waals surface area contributed by atoms with Crippen LogP contribution in [0.1, 0.15) is 5.69 Å². The van der Waals surface area contributed by atoms with Crippen LogP contribution in [-0.2, 0) is 4.74 Å². The van der Waals surface area contributed by atoms with Crippen LogP contribution in [0.2, 0.25) is 0 Å². The van der Waals surface area contributed by atoms with Crippen molar-refractivity contribution >= 4 is 23.2 Å². The van der Waals surface area contributed by atoms with E-state index in [1.54, 1.807) is 29.7 Å². The number of nitrogens with two attached hydrogens (primary N) is 1. The first-order valence-electron chi connectivity index (χ1n) is 4.71. The summed E-state index contributed by atoms with van der Waals surface area (Å²) in [5.41, 5.74) is 7.69. The van der Waals surface area contributed by atoms with Gasteiger partial charge in [-0.1, -0.05) is 0 Å². The number of anilines is 2. The molecule has 1 amide bonds. The smallest absolute Gasteiger partial charge is 0.412 e. The number of imidazole rings is 1. The number of rotatable bonds is 1. The number of carbonyl (C=O) groups is 1. The maximum atomic E-state index is 11.2. The summed E-state index contributed by atoms with van der Waals surface area (Å²) in [6, 6.07) is 3.54. The summed E-state index contributed by atoms with van der Waals surface area (Å²) in [5.74, 6) is 0.564. The molecule has 16 heavy (non-hydrogen) atoms. The van der Waals surface area contributed by atoms with Gasteiger partial charge in [0.2, 0.25) is 0 Å². The molecular weight excluding hydrogens is 208 g/mol. The Morgan fingerprint density at radius 3 is 3.00 bits per heavy atom. The highest BCUT2D eigenvalue weighted by Crippen LogP contribution is 2.19. The van der Waals surface area contributed by atoms with Crippen molar-refractivity contribution in [3.05, 3.63) is 24.0 Å². The predicted octanol–water partition coefficient (Wildman–Crippen LogP) is 1.40. The Labute approximate surface area is 92.0 Å². The largest absolute Gasteiger partial charge is 0.453 e. The van der Waals surface area contributed by atoms with E-state index in [0.29, 0.717) is 17.2 Å². The summed E-state index contributed by atoms with van der Waals surface area (Å²) in [6.45, 7) is 1.80. The third-order valence-corrected chi connectivity index (χ3v) is 2.22. The van der Waals surface area contributed by atoms with Crippen LogP contribution in [-0.4, -0.2) is 22.6 Å². The summed E-state index contributed by atoms with van der Waals surface area (Å²) in [5, 5.41) is 2.59. The standard InChI is InChI=1S/C10H12N4O2/c1-6-9(13-10(15)16-2)14-5-7(11)3-4-8(14)12-6/h3-5H,11H2,1-2H3,(H,13,15). The molecule has 0 aliphatic carbocycles. The van der Waals surface area contributed by atoms with Crippen LogP contribution in [0, 0.1) is 6.92 Å². The van der Waals surface area contributed by atoms with Crippen LogP contribution >= 0.6 is 0 Å². The molecule has 6 heteroatoms. The highest BCUT2D eigenvalue weighted by Gasteiger charge is 2.11. The first-order chi connectivity index (χ1) is 7.61. The number of aromatic nitrogens is 2. The number of hydrogen-bond donors (Lipinski definition) is 2. The van der Waals surface area contributed by atoms with Crippen molar-refractivity contribution < 1.29 is 9.53 Å². The summed E-state index contributed by atoms with van der Waals surface area (Å²) in [4.78, 5) is 15.4. The molecule has 0 spiro atoms. The van der Waals surface area contributed by atoms with E-state index in [1.165, 1.54) is 7.11 Å². The Bertz CT molecular complexity index is 547. The molecule has 2 aromatic rings. The number of aryl methyl sites for hydroxylation is 1. The Balaban J connectivity index is 2.54. The Morgan fingerprint density at radius 1 is 1.56 bits per heavy atom. The van der Waals surface area contributed by atoms with Gasteiger partial charge >= 0.3 is 6.09 Å². The number of amides is 1. The monoisotopic (exact) mass is 220 g/mol. The molecule has 2 heterocycles. The summed E-state index contributed by atoms with van der Waals surface area (Å²) in [7, 11) is 1.31. The molecule has 0 aliphatic rings. The van der Waals surface area contributed by atoms with Crippen LogP contribution in [0.5, 0.6) is 0 Å². The van der Waals surface area contributed by atoms with Gasteiger partial charge in [0.1, 0.15) is 11.5 Å². The lowest BCUT2D eigenvalue weighted by Gasteiger charge is -2.04. The van der Waals surface area contributed by atoms with E-state index in [0.717, 1.165) is 5.65 Å². The van der Waals surface area contributed by atoms with Gasteiger partial charge in [0.15, 0.2) is 0 Å². The number of carbonyl (C=O) groups excluding carboxylic acids is 1. The van der Waals surface area contributed by atoms with Gasteiger partial charge in [0, 0.05) is 11.9 Å². The van der Waals surface area contributed by atoms with Crippen LogP contribution in [0.3, 0.4) is 0 Å². The van der Waals surface area contributed by atoms with Crippen molar-refractivity contribution in [2.45, 2.75) is 6.92 Å². The zero-order valence-corrected chi connectivity index (χ0v) is 9.02. The zero-order valence-electron chi connectivity index (χ0n) is 9.02. The van der Waals surface area contributed by atoms with Crippen LogP contribution < -0.4 is 11.1 Å². The summed E-state index contributed by atoms with van der Waals surface area (Å²) < 4.78 is 6.25. The highest BCUT2D eigenvalue weighted by atomic mass is 16.5. The second-order valence-electron chi connectivity index (χ2n) is 3.35. The number of hydrogen-bond acceptors (Lipinski definition) is 4. The van der Waals surface area contributed by atoms with Crippen molar-refractivity contribution in [3.63, 3.8) is 0 Å². The summed E-state index contributed by atoms with van der Waals surface area (Å²) >= 11 is 0. The van der Waals surface area contributed by atoms with Gasteiger partial charge in [0.25, 0.3) is 0 Å². The number of nitrogens with one attached hydrogen (secondary N) is 1. The lowest BCUT2D eigenvalue weighted by molar-refractivity contribution is 0.186. The van der Waals surface area contributed by atoms with Crippen molar-refractivity contribution in [3.8, 4) is 0 Å². The fraction of sp³-hybridized carbons (Fsp3) is 0.200. The molecular formula is C10H12N4O2. The van der Waals surface area contributed by atoms with Gasteiger partial charge < -0.3 is 10.5 Å². The molecule has 2 rings (SSSR count). The van der Waals surface area contributed by atoms with E-state index in [2.05, 4.69) is 15.0 Å². The van der Waals surface area contributed by atoms with Gasteiger partial charge in [-0.05, 0) is 19.1 Å². The first kappa shape index (κ1) is 10.3. The average Bonchev–Trinajstić information content (AvgIpc) is 2.55. The Kier molecular flexibility index (Phi) is 2.40. The Hall–Kier alpha value is -2.24.